The molecule has 1 N–H and O–H groups in total. The van der Waals surface area contributed by atoms with E-state index < -0.39 is 23.5 Å². The van der Waals surface area contributed by atoms with E-state index >= 15 is 0 Å². The summed E-state index contributed by atoms with van der Waals surface area (Å²) < 4.78 is 15.5. The first kappa shape index (κ1) is 21.3. The topological polar surface area (TPSA) is 97.6 Å². The highest BCUT2D eigenvalue weighted by Gasteiger charge is 2.35. The van der Waals surface area contributed by atoms with Crippen LogP contribution in [0, 0.1) is 11.3 Å². The van der Waals surface area contributed by atoms with Crippen molar-refractivity contribution in [3.63, 3.8) is 0 Å². The van der Waals surface area contributed by atoms with E-state index in [0.29, 0.717) is 24.3 Å². The average molecular weight is 386 g/mol. The van der Waals surface area contributed by atoms with Crippen LogP contribution in [-0.4, -0.2) is 37.7 Å². The summed E-state index contributed by atoms with van der Waals surface area (Å²) in [6.07, 6.45) is 5.91. The molecule has 2 rings (SSSR count). The van der Waals surface area contributed by atoms with E-state index in [1.54, 1.807) is 31.4 Å². The Morgan fingerprint density at radius 1 is 1.18 bits per heavy atom. The largest absolute Gasteiger partial charge is 0.493 e. The van der Waals surface area contributed by atoms with Crippen molar-refractivity contribution < 1.29 is 23.8 Å². The molecule has 0 aliphatic heterocycles. The van der Waals surface area contributed by atoms with Crippen LogP contribution in [0.25, 0.3) is 6.08 Å². The Balaban J connectivity index is 1.93. The van der Waals surface area contributed by atoms with Crippen LogP contribution in [0.15, 0.2) is 24.3 Å². The molecule has 1 saturated carbocycles. The van der Waals surface area contributed by atoms with Crippen molar-refractivity contribution in [2.24, 2.45) is 0 Å². The molecular formula is C21H26N2O5. The molecular weight excluding hydrogens is 360 g/mol. The fraction of sp³-hybridized carbons (Fsp3) is 0.476. The van der Waals surface area contributed by atoms with E-state index in [2.05, 4.69) is 11.4 Å². The van der Waals surface area contributed by atoms with Crippen molar-refractivity contribution in [1.82, 2.24) is 5.32 Å². The van der Waals surface area contributed by atoms with E-state index in [9.17, 15) is 14.9 Å². The molecule has 0 bridgehead atoms. The number of hydrogen-bond acceptors (Lipinski definition) is 6. The summed E-state index contributed by atoms with van der Waals surface area (Å²) in [5.74, 6) is 0.0186. The van der Waals surface area contributed by atoms with Crippen molar-refractivity contribution >= 4 is 18.0 Å². The predicted octanol–water partition coefficient (Wildman–Crippen LogP) is 2.99. The average Bonchev–Trinajstić information content (AvgIpc) is 2.72. The number of nitrogens with zero attached hydrogens (tertiary/aromatic N) is 1. The van der Waals surface area contributed by atoms with Gasteiger partial charge in [-0.25, -0.2) is 4.79 Å². The highest BCUT2D eigenvalue weighted by molar-refractivity contribution is 5.90. The van der Waals surface area contributed by atoms with Gasteiger partial charge >= 0.3 is 5.97 Å². The number of carbonyl (C=O) groups is 2. The van der Waals surface area contributed by atoms with Crippen molar-refractivity contribution in [1.29, 1.82) is 5.26 Å². The zero-order valence-electron chi connectivity index (χ0n) is 16.5. The molecule has 0 spiro atoms. The summed E-state index contributed by atoms with van der Waals surface area (Å²) in [6.45, 7) is 1.49. The van der Waals surface area contributed by atoms with E-state index in [4.69, 9.17) is 14.2 Å². The first-order valence-corrected chi connectivity index (χ1v) is 9.27. The molecule has 1 amide bonds. The van der Waals surface area contributed by atoms with Gasteiger partial charge in [-0.3, -0.25) is 4.79 Å². The van der Waals surface area contributed by atoms with Gasteiger partial charge in [-0.15, -0.1) is 0 Å². The Morgan fingerprint density at radius 2 is 1.86 bits per heavy atom. The van der Waals surface area contributed by atoms with Crippen molar-refractivity contribution in [3.8, 4) is 17.6 Å². The lowest BCUT2D eigenvalue weighted by molar-refractivity contribution is -0.150. The predicted molar refractivity (Wildman–Crippen MR) is 104 cm³/mol. The number of amides is 1. The van der Waals surface area contributed by atoms with Gasteiger partial charge in [0, 0.05) is 6.08 Å². The lowest BCUT2D eigenvalue weighted by Crippen LogP contribution is -2.52. The highest BCUT2D eigenvalue weighted by Crippen LogP contribution is 2.28. The molecule has 0 heterocycles. The van der Waals surface area contributed by atoms with Gasteiger partial charge in [0.25, 0.3) is 5.91 Å². The first-order valence-electron chi connectivity index (χ1n) is 9.27. The molecule has 7 heteroatoms. The molecule has 1 aromatic rings. The van der Waals surface area contributed by atoms with Crippen LogP contribution in [0.3, 0.4) is 0 Å². The van der Waals surface area contributed by atoms with Crippen LogP contribution >= 0.6 is 0 Å². The van der Waals surface area contributed by atoms with Crippen LogP contribution in [0.2, 0.25) is 0 Å². The molecule has 1 aromatic carbocycles. The zero-order valence-corrected chi connectivity index (χ0v) is 16.5. The maximum absolute atomic E-state index is 12.3. The second-order valence-corrected chi connectivity index (χ2v) is 6.77. The van der Waals surface area contributed by atoms with Crippen LogP contribution in [0.5, 0.6) is 11.5 Å². The molecule has 1 fully saturated rings. The molecule has 1 atom stereocenters. The van der Waals surface area contributed by atoms with Gasteiger partial charge in [0.2, 0.25) is 0 Å². The van der Waals surface area contributed by atoms with Crippen LogP contribution in [-0.2, 0) is 14.3 Å². The van der Waals surface area contributed by atoms with Gasteiger partial charge < -0.3 is 19.5 Å². The van der Waals surface area contributed by atoms with Crippen LogP contribution in [0.1, 0.15) is 44.6 Å². The second kappa shape index (κ2) is 9.79. The third-order valence-electron chi connectivity index (χ3n) is 4.77. The van der Waals surface area contributed by atoms with Crippen LogP contribution < -0.4 is 14.8 Å². The van der Waals surface area contributed by atoms with Gasteiger partial charge in [0.05, 0.1) is 20.3 Å². The summed E-state index contributed by atoms with van der Waals surface area (Å²) in [6, 6.07) is 7.43. The van der Waals surface area contributed by atoms with Gasteiger partial charge in [-0.1, -0.05) is 25.3 Å². The van der Waals surface area contributed by atoms with E-state index in [-0.39, 0.29) is 0 Å². The lowest BCUT2D eigenvalue weighted by atomic mass is 9.83. The van der Waals surface area contributed by atoms with Crippen molar-refractivity contribution in [2.45, 2.75) is 50.7 Å². The Kier molecular flexibility index (Phi) is 7.44. The van der Waals surface area contributed by atoms with Crippen molar-refractivity contribution in [2.75, 3.05) is 14.2 Å². The number of hydrogen-bond donors (Lipinski definition) is 1. The van der Waals surface area contributed by atoms with E-state index in [1.807, 2.05) is 0 Å². The number of ether oxygens (including phenoxy) is 3. The normalized spacial score (nSPS) is 16.6. The number of esters is 1. The Hall–Kier alpha value is -3.01. The SMILES string of the molecule is COc1ccc(/C=C/C(=O)O[C@H](C)C(=O)NC2(C#N)CCCCC2)cc1OC. The lowest BCUT2D eigenvalue weighted by Gasteiger charge is -2.32. The monoisotopic (exact) mass is 386 g/mol. The number of carbonyl (C=O) groups excluding carboxylic acids is 2. The van der Waals surface area contributed by atoms with Gasteiger partial charge in [0.1, 0.15) is 5.54 Å². The summed E-state index contributed by atoms with van der Waals surface area (Å²) in [5.41, 5.74) is -0.136. The Bertz CT molecular complexity index is 775. The number of nitrogens with one attached hydrogen (secondary N) is 1. The Labute approximate surface area is 165 Å². The smallest absolute Gasteiger partial charge is 0.331 e. The van der Waals surface area contributed by atoms with E-state index in [1.165, 1.54) is 20.1 Å². The minimum atomic E-state index is -0.991. The minimum absolute atomic E-state index is 0.462. The van der Waals surface area contributed by atoms with Gasteiger partial charge in [-0.05, 0) is 43.5 Å². The molecule has 0 radical (unpaired) electrons. The standard InChI is InChI=1S/C21H26N2O5/c1-15(20(25)23-21(14-22)11-5-4-6-12-21)28-19(24)10-8-16-7-9-17(26-2)18(13-16)27-3/h7-10,13,15H,4-6,11-12H2,1-3H3,(H,23,25)/b10-8+/t15-/m1/s1. The van der Waals surface area contributed by atoms with E-state index in [0.717, 1.165) is 24.8 Å². The maximum atomic E-state index is 12.3. The quantitative estimate of drug-likeness (QED) is 0.571. The number of benzene rings is 1. The summed E-state index contributed by atoms with van der Waals surface area (Å²) in [5, 5.41) is 12.2. The number of rotatable bonds is 7. The fourth-order valence-electron chi connectivity index (χ4n) is 3.15. The van der Waals surface area contributed by atoms with Gasteiger partial charge in [0.15, 0.2) is 17.6 Å². The molecule has 0 unspecified atom stereocenters. The summed E-state index contributed by atoms with van der Waals surface area (Å²) in [7, 11) is 3.07. The molecule has 0 saturated heterocycles. The molecule has 150 valence electrons. The maximum Gasteiger partial charge on any atom is 0.331 e. The van der Waals surface area contributed by atoms with Crippen LogP contribution in [0.4, 0.5) is 0 Å². The highest BCUT2D eigenvalue weighted by atomic mass is 16.5. The Morgan fingerprint density at radius 3 is 2.46 bits per heavy atom. The third kappa shape index (κ3) is 5.49. The minimum Gasteiger partial charge on any atom is -0.493 e. The summed E-state index contributed by atoms with van der Waals surface area (Å²) in [4.78, 5) is 24.4. The number of nitriles is 1. The number of methoxy groups -OCH3 is 2. The van der Waals surface area contributed by atoms with Gasteiger partial charge in [-0.2, -0.15) is 5.26 Å². The fourth-order valence-corrected chi connectivity index (χ4v) is 3.15. The second-order valence-electron chi connectivity index (χ2n) is 6.77. The van der Waals surface area contributed by atoms with Crippen molar-refractivity contribution in [3.05, 3.63) is 29.8 Å². The molecule has 1 aliphatic rings. The molecule has 1 aliphatic carbocycles. The zero-order chi connectivity index (χ0) is 20.6. The summed E-state index contributed by atoms with van der Waals surface area (Å²) >= 11 is 0. The molecule has 7 nitrogen and oxygen atoms in total. The molecule has 28 heavy (non-hydrogen) atoms. The third-order valence-corrected chi connectivity index (χ3v) is 4.77. The first-order chi connectivity index (χ1) is 13.4. The molecule has 0 aromatic heterocycles.